The molecular weight excluding hydrogens is 501 g/mol. The first-order valence-corrected chi connectivity index (χ1v) is 10.8. The van der Waals surface area contributed by atoms with E-state index >= 15 is 0 Å². The fourth-order valence-electron chi connectivity index (χ4n) is 2.03. The Morgan fingerprint density at radius 1 is 1.33 bits per heavy atom. The van der Waals surface area contributed by atoms with Crippen molar-refractivity contribution < 1.29 is 12.9 Å². The molecule has 0 aromatic carbocycles. The van der Waals surface area contributed by atoms with Gasteiger partial charge in [-0.1, -0.05) is 25.1 Å². The molecule has 27 heavy (non-hydrogen) atoms. The van der Waals surface area contributed by atoms with Crippen molar-refractivity contribution >= 4 is 51.3 Å². The number of guanidine groups is 1. The summed E-state index contributed by atoms with van der Waals surface area (Å²) in [6.07, 6.45) is 0. The molecule has 0 fully saturated rings. The smallest absolute Gasteiger partial charge is 0.250 e. The van der Waals surface area contributed by atoms with Crippen LogP contribution >= 0.6 is 35.3 Å². The molecule has 0 aliphatic carbocycles. The first-order valence-electron chi connectivity index (χ1n) is 8.43. The molecule has 0 bridgehead atoms. The molecule has 3 N–H and O–H groups in total. The average molecular weight is 527 g/mol. The first kappa shape index (κ1) is 23.9. The molecule has 0 aliphatic heterocycles. The number of hydrogen-bond donors (Lipinski definition) is 3. The summed E-state index contributed by atoms with van der Waals surface area (Å²) < 4.78 is 32.2. The molecule has 0 atom stereocenters. The van der Waals surface area contributed by atoms with E-state index in [-0.39, 0.29) is 30.5 Å². The molecule has 2 rings (SSSR count). The van der Waals surface area contributed by atoms with Gasteiger partial charge in [-0.05, 0) is 24.3 Å². The lowest BCUT2D eigenvalue weighted by molar-refractivity contribution is 0.376. The molecule has 2 aromatic rings. The van der Waals surface area contributed by atoms with Crippen molar-refractivity contribution in [2.45, 2.75) is 37.4 Å². The Kier molecular flexibility index (Phi) is 10.3. The zero-order chi connectivity index (χ0) is 19.0. The van der Waals surface area contributed by atoms with Crippen LogP contribution in [0.15, 0.2) is 37.3 Å². The number of sulfonamides is 1. The predicted octanol–water partition coefficient (Wildman–Crippen LogP) is 2.51. The van der Waals surface area contributed by atoms with Crippen LogP contribution in [0.1, 0.15) is 38.1 Å². The number of halogens is 1. The molecule has 152 valence electrons. The maximum atomic E-state index is 12.0. The maximum Gasteiger partial charge on any atom is 0.250 e. The summed E-state index contributed by atoms with van der Waals surface area (Å²) in [5, 5.41) is 11.9. The largest absolute Gasteiger partial charge is 0.359 e. The zero-order valence-electron chi connectivity index (χ0n) is 15.6. The van der Waals surface area contributed by atoms with Crippen molar-refractivity contribution in [2.75, 3.05) is 19.6 Å². The number of hydrogen-bond acceptors (Lipinski definition) is 6. The predicted molar refractivity (Wildman–Crippen MR) is 118 cm³/mol. The van der Waals surface area contributed by atoms with E-state index in [0.717, 1.165) is 5.69 Å². The van der Waals surface area contributed by atoms with Gasteiger partial charge in [0.2, 0.25) is 10.0 Å². The van der Waals surface area contributed by atoms with Gasteiger partial charge in [0.05, 0.1) is 5.69 Å². The summed E-state index contributed by atoms with van der Waals surface area (Å²) in [7, 11) is -3.44. The normalized spacial score (nSPS) is 12.1. The van der Waals surface area contributed by atoms with Crippen molar-refractivity contribution in [1.82, 2.24) is 20.5 Å². The summed E-state index contributed by atoms with van der Waals surface area (Å²) in [6, 6.07) is 5.18. The third-order valence-electron chi connectivity index (χ3n) is 3.38. The Morgan fingerprint density at radius 3 is 2.70 bits per heavy atom. The first-order chi connectivity index (χ1) is 12.4. The van der Waals surface area contributed by atoms with E-state index in [9.17, 15) is 8.42 Å². The Hall–Kier alpha value is -1.18. The SMILES string of the molecule is CCNC(=NCc1cc(C(C)C)no1)NCCNS(=O)(=O)c1cccs1.I. The standard InChI is InChI=1S/C16H25N5O3S2.HI/c1-4-17-16(19-11-13-10-14(12(2)3)21-24-13)18-7-8-20-26(22,23)15-6-5-9-25-15;/h5-6,9-10,12,20H,4,7-8,11H2,1-3H3,(H2,17,18,19);1H. The van der Waals surface area contributed by atoms with Crippen LogP contribution in [0.2, 0.25) is 0 Å². The lowest BCUT2D eigenvalue weighted by Crippen LogP contribution is -2.41. The highest BCUT2D eigenvalue weighted by Crippen LogP contribution is 2.15. The second-order valence-corrected chi connectivity index (χ2v) is 8.77. The van der Waals surface area contributed by atoms with Gasteiger partial charge in [-0.3, -0.25) is 0 Å². The Morgan fingerprint density at radius 2 is 2.11 bits per heavy atom. The summed E-state index contributed by atoms with van der Waals surface area (Å²) in [5.74, 6) is 1.58. The van der Waals surface area contributed by atoms with Gasteiger partial charge in [0.25, 0.3) is 0 Å². The molecule has 2 aromatic heterocycles. The summed E-state index contributed by atoms with van der Waals surface area (Å²) in [4.78, 5) is 4.43. The van der Waals surface area contributed by atoms with Gasteiger partial charge >= 0.3 is 0 Å². The lowest BCUT2D eigenvalue weighted by atomic mass is 10.1. The molecule has 0 saturated heterocycles. The number of nitrogens with zero attached hydrogens (tertiary/aromatic N) is 2. The van der Waals surface area contributed by atoms with Crippen molar-refractivity contribution in [2.24, 2.45) is 4.99 Å². The van der Waals surface area contributed by atoms with Crippen LogP contribution in [0.25, 0.3) is 0 Å². The highest BCUT2D eigenvalue weighted by molar-refractivity contribution is 14.0. The Labute approximate surface area is 181 Å². The van der Waals surface area contributed by atoms with Gasteiger partial charge < -0.3 is 15.2 Å². The number of aromatic nitrogens is 1. The zero-order valence-corrected chi connectivity index (χ0v) is 19.5. The number of aliphatic imine (C=N–C) groups is 1. The maximum absolute atomic E-state index is 12.0. The average Bonchev–Trinajstić information content (AvgIpc) is 3.28. The van der Waals surface area contributed by atoms with Gasteiger partial charge in [0.15, 0.2) is 11.7 Å². The third kappa shape index (κ3) is 7.76. The van der Waals surface area contributed by atoms with E-state index in [1.165, 1.54) is 11.3 Å². The van der Waals surface area contributed by atoms with Crippen LogP contribution in [0.3, 0.4) is 0 Å². The minimum atomic E-state index is -3.44. The highest BCUT2D eigenvalue weighted by atomic mass is 127. The van der Waals surface area contributed by atoms with Crippen LogP contribution < -0.4 is 15.4 Å². The number of nitrogens with one attached hydrogen (secondary N) is 3. The van der Waals surface area contributed by atoms with Gasteiger partial charge in [0, 0.05) is 25.7 Å². The molecule has 0 spiro atoms. The molecule has 8 nitrogen and oxygen atoms in total. The van der Waals surface area contributed by atoms with Crippen molar-refractivity contribution in [3.63, 3.8) is 0 Å². The van der Waals surface area contributed by atoms with E-state index < -0.39 is 10.0 Å². The van der Waals surface area contributed by atoms with E-state index in [0.29, 0.717) is 41.5 Å². The fourth-order valence-corrected chi connectivity index (χ4v) is 4.10. The van der Waals surface area contributed by atoms with Crippen LogP contribution in [0, 0.1) is 0 Å². The quantitative estimate of drug-likeness (QED) is 0.200. The van der Waals surface area contributed by atoms with Crippen molar-refractivity contribution in [3.8, 4) is 0 Å². The summed E-state index contributed by atoms with van der Waals surface area (Å²) in [5.41, 5.74) is 0.899. The molecular formula is C16H26IN5O3S2. The van der Waals surface area contributed by atoms with E-state index in [2.05, 4.69) is 25.5 Å². The van der Waals surface area contributed by atoms with E-state index in [1.807, 2.05) is 26.8 Å². The second kappa shape index (κ2) is 11.6. The van der Waals surface area contributed by atoms with E-state index in [1.54, 1.807) is 17.5 Å². The van der Waals surface area contributed by atoms with Gasteiger partial charge in [-0.2, -0.15) is 0 Å². The molecule has 0 radical (unpaired) electrons. The summed E-state index contributed by atoms with van der Waals surface area (Å²) in [6.45, 7) is 7.77. The highest BCUT2D eigenvalue weighted by Gasteiger charge is 2.14. The molecule has 0 saturated carbocycles. The third-order valence-corrected chi connectivity index (χ3v) is 6.23. The molecule has 11 heteroatoms. The monoisotopic (exact) mass is 527 g/mol. The Balaban J connectivity index is 0.00000364. The topological polar surface area (TPSA) is 109 Å². The minimum Gasteiger partial charge on any atom is -0.359 e. The van der Waals surface area contributed by atoms with E-state index in [4.69, 9.17) is 4.52 Å². The van der Waals surface area contributed by atoms with Crippen molar-refractivity contribution in [3.05, 3.63) is 35.0 Å². The molecule has 0 amide bonds. The molecule has 2 heterocycles. The number of thiophene rings is 1. The fraction of sp³-hybridized carbons (Fsp3) is 0.500. The summed E-state index contributed by atoms with van der Waals surface area (Å²) >= 11 is 1.19. The Bertz CT molecular complexity index is 804. The van der Waals surface area contributed by atoms with Crippen molar-refractivity contribution in [1.29, 1.82) is 0 Å². The second-order valence-electron chi connectivity index (χ2n) is 5.82. The number of rotatable bonds is 9. The van der Waals surface area contributed by atoms with Crippen LogP contribution in [-0.4, -0.2) is 39.2 Å². The molecule has 0 aliphatic rings. The van der Waals surface area contributed by atoms with Crippen LogP contribution in [0.5, 0.6) is 0 Å². The van der Waals surface area contributed by atoms with Gasteiger partial charge in [0.1, 0.15) is 10.8 Å². The molecule has 0 unspecified atom stereocenters. The minimum absolute atomic E-state index is 0. The lowest BCUT2D eigenvalue weighted by Gasteiger charge is -2.11. The van der Waals surface area contributed by atoms with Gasteiger partial charge in [-0.15, -0.1) is 35.3 Å². The van der Waals surface area contributed by atoms with Gasteiger partial charge in [-0.25, -0.2) is 18.1 Å². The van der Waals surface area contributed by atoms with Crippen LogP contribution in [0.4, 0.5) is 0 Å². The van der Waals surface area contributed by atoms with Crippen LogP contribution in [-0.2, 0) is 16.6 Å².